The molecule has 2 heteroatoms. The number of thioether (sulfide) groups is 1. The van der Waals surface area contributed by atoms with Crippen LogP contribution in [0.25, 0.3) is 0 Å². The number of hydrogen-bond acceptors (Lipinski definition) is 2. The van der Waals surface area contributed by atoms with Gasteiger partial charge in [0.05, 0.1) is 0 Å². The van der Waals surface area contributed by atoms with Gasteiger partial charge in [0.25, 0.3) is 0 Å². The van der Waals surface area contributed by atoms with Gasteiger partial charge < -0.3 is 5.73 Å². The molecule has 1 nitrogen and oxygen atoms in total. The highest BCUT2D eigenvalue weighted by Gasteiger charge is 2.02. The van der Waals surface area contributed by atoms with Crippen molar-refractivity contribution in [1.82, 2.24) is 0 Å². The molecule has 0 aliphatic heterocycles. The maximum atomic E-state index is 5.79. The quantitative estimate of drug-likeness (QED) is 0.639. The van der Waals surface area contributed by atoms with Crippen molar-refractivity contribution in [3.8, 4) is 12.3 Å². The molecule has 1 unspecified atom stereocenters. The van der Waals surface area contributed by atoms with Crippen molar-refractivity contribution < 1.29 is 0 Å². The first-order valence-electron chi connectivity index (χ1n) is 3.97. The molecule has 0 aliphatic carbocycles. The van der Waals surface area contributed by atoms with Gasteiger partial charge in [-0.1, -0.05) is 13.8 Å². The predicted molar refractivity (Wildman–Crippen MR) is 53.6 cm³/mol. The third-order valence-corrected chi connectivity index (χ3v) is 2.59. The van der Waals surface area contributed by atoms with E-state index in [1.165, 1.54) is 0 Å². The van der Waals surface area contributed by atoms with E-state index in [4.69, 9.17) is 12.2 Å². The summed E-state index contributed by atoms with van der Waals surface area (Å²) >= 11 is 1.90. The molecular formula is C9H17NS. The zero-order valence-electron chi connectivity index (χ0n) is 7.34. The van der Waals surface area contributed by atoms with Gasteiger partial charge in [-0.05, 0) is 11.7 Å². The number of hydrogen-bond donors (Lipinski definition) is 1. The smallest absolute Gasteiger partial charge is 0.0139 e. The van der Waals surface area contributed by atoms with Gasteiger partial charge in [0.1, 0.15) is 0 Å². The van der Waals surface area contributed by atoms with Crippen LogP contribution in [0.15, 0.2) is 0 Å². The zero-order valence-corrected chi connectivity index (χ0v) is 8.16. The van der Waals surface area contributed by atoms with Crippen molar-refractivity contribution in [2.45, 2.75) is 38.0 Å². The first kappa shape index (κ1) is 10.9. The topological polar surface area (TPSA) is 26.0 Å². The molecular weight excluding hydrogens is 154 g/mol. The van der Waals surface area contributed by atoms with Crippen molar-refractivity contribution >= 4 is 11.8 Å². The Morgan fingerprint density at radius 3 is 2.64 bits per heavy atom. The van der Waals surface area contributed by atoms with Crippen LogP contribution < -0.4 is 5.73 Å². The van der Waals surface area contributed by atoms with Gasteiger partial charge in [-0.3, -0.25) is 0 Å². The lowest BCUT2D eigenvalue weighted by Gasteiger charge is -2.10. The van der Waals surface area contributed by atoms with Crippen LogP contribution in [0.1, 0.15) is 26.7 Å². The van der Waals surface area contributed by atoms with E-state index >= 15 is 0 Å². The van der Waals surface area contributed by atoms with Gasteiger partial charge in [-0.15, -0.1) is 12.3 Å². The molecule has 2 N–H and O–H groups in total. The van der Waals surface area contributed by atoms with Crippen molar-refractivity contribution in [2.24, 2.45) is 5.73 Å². The maximum Gasteiger partial charge on any atom is 0.0139 e. The van der Waals surface area contributed by atoms with Crippen LogP contribution in [-0.2, 0) is 0 Å². The summed E-state index contributed by atoms with van der Waals surface area (Å²) in [6.07, 6.45) is 6.88. The van der Waals surface area contributed by atoms with Crippen LogP contribution in [0.2, 0.25) is 0 Å². The van der Waals surface area contributed by atoms with E-state index in [1.54, 1.807) is 0 Å². The number of terminal acetylenes is 1. The monoisotopic (exact) mass is 171 g/mol. The SMILES string of the molecule is C#CCCC(N)CSC(C)C. The van der Waals surface area contributed by atoms with Gasteiger partial charge in [-0.25, -0.2) is 0 Å². The molecule has 0 amide bonds. The summed E-state index contributed by atoms with van der Waals surface area (Å²) in [6.45, 7) is 4.36. The minimum absolute atomic E-state index is 0.276. The number of nitrogens with two attached hydrogens (primary N) is 1. The van der Waals surface area contributed by atoms with E-state index in [9.17, 15) is 0 Å². The van der Waals surface area contributed by atoms with Crippen LogP contribution in [-0.4, -0.2) is 17.0 Å². The maximum absolute atomic E-state index is 5.79. The zero-order chi connectivity index (χ0) is 8.69. The summed E-state index contributed by atoms with van der Waals surface area (Å²) in [5.74, 6) is 3.62. The summed E-state index contributed by atoms with van der Waals surface area (Å²) in [5.41, 5.74) is 5.79. The molecule has 0 bridgehead atoms. The summed E-state index contributed by atoms with van der Waals surface area (Å²) in [4.78, 5) is 0. The van der Waals surface area contributed by atoms with Gasteiger partial charge >= 0.3 is 0 Å². The average Bonchev–Trinajstić information content (AvgIpc) is 1.97. The van der Waals surface area contributed by atoms with Crippen LogP contribution in [0, 0.1) is 12.3 Å². The molecule has 0 aromatic heterocycles. The normalized spacial score (nSPS) is 13.0. The Bertz CT molecular complexity index is 126. The molecule has 0 aliphatic rings. The van der Waals surface area contributed by atoms with Gasteiger partial charge in [0, 0.05) is 18.2 Å². The fourth-order valence-corrected chi connectivity index (χ4v) is 1.47. The molecule has 0 heterocycles. The Labute approximate surface area is 74.1 Å². The fourth-order valence-electron chi connectivity index (χ4n) is 0.668. The number of rotatable bonds is 5. The van der Waals surface area contributed by atoms with Crippen LogP contribution in [0.3, 0.4) is 0 Å². The Hall–Kier alpha value is -0.130. The molecule has 0 saturated heterocycles. The summed E-state index contributed by atoms with van der Waals surface area (Å²) in [7, 11) is 0. The van der Waals surface area contributed by atoms with Crippen LogP contribution in [0.5, 0.6) is 0 Å². The van der Waals surface area contributed by atoms with Gasteiger partial charge in [0.2, 0.25) is 0 Å². The Balaban J connectivity index is 3.23. The molecule has 0 aromatic carbocycles. The minimum Gasteiger partial charge on any atom is -0.327 e. The second-order valence-corrected chi connectivity index (χ2v) is 4.49. The first-order chi connectivity index (χ1) is 5.16. The summed E-state index contributed by atoms with van der Waals surface area (Å²) < 4.78 is 0. The third-order valence-electron chi connectivity index (χ3n) is 1.30. The van der Waals surface area contributed by atoms with E-state index in [-0.39, 0.29) is 6.04 Å². The second kappa shape index (κ2) is 6.57. The predicted octanol–water partition coefficient (Wildman–Crippen LogP) is 1.87. The average molecular weight is 171 g/mol. The lowest BCUT2D eigenvalue weighted by molar-refractivity contribution is 0.691. The van der Waals surface area contributed by atoms with Crippen molar-refractivity contribution in [1.29, 1.82) is 0 Å². The Morgan fingerprint density at radius 1 is 1.55 bits per heavy atom. The third kappa shape index (κ3) is 7.77. The molecule has 0 spiro atoms. The summed E-state index contributed by atoms with van der Waals surface area (Å²) in [5, 5.41) is 0.673. The van der Waals surface area contributed by atoms with Crippen molar-refractivity contribution in [3.05, 3.63) is 0 Å². The largest absolute Gasteiger partial charge is 0.327 e. The first-order valence-corrected chi connectivity index (χ1v) is 5.02. The Kier molecular flexibility index (Phi) is 6.49. The minimum atomic E-state index is 0.276. The van der Waals surface area contributed by atoms with E-state index in [2.05, 4.69) is 19.8 Å². The van der Waals surface area contributed by atoms with E-state index in [1.807, 2.05) is 11.8 Å². The van der Waals surface area contributed by atoms with E-state index in [0.717, 1.165) is 18.6 Å². The van der Waals surface area contributed by atoms with Crippen molar-refractivity contribution in [2.75, 3.05) is 5.75 Å². The molecule has 0 radical (unpaired) electrons. The highest BCUT2D eigenvalue weighted by molar-refractivity contribution is 7.99. The lowest BCUT2D eigenvalue weighted by Crippen LogP contribution is -2.23. The molecule has 0 rings (SSSR count). The van der Waals surface area contributed by atoms with Crippen molar-refractivity contribution in [3.63, 3.8) is 0 Å². The van der Waals surface area contributed by atoms with E-state index in [0.29, 0.717) is 5.25 Å². The van der Waals surface area contributed by atoms with Gasteiger partial charge in [-0.2, -0.15) is 11.8 Å². The van der Waals surface area contributed by atoms with E-state index < -0.39 is 0 Å². The highest BCUT2D eigenvalue weighted by atomic mass is 32.2. The molecule has 0 fully saturated rings. The molecule has 64 valence electrons. The standard InChI is InChI=1S/C9H17NS/c1-4-5-6-9(10)7-11-8(2)3/h1,8-9H,5-7,10H2,2-3H3. The molecule has 11 heavy (non-hydrogen) atoms. The fraction of sp³-hybridized carbons (Fsp3) is 0.778. The molecule has 1 atom stereocenters. The summed E-state index contributed by atoms with van der Waals surface area (Å²) in [6, 6.07) is 0.276. The molecule has 0 aromatic rings. The van der Waals surface area contributed by atoms with Crippen LogP contribution >= 0.6 is 11.8 Å². The lowest BCUT2D eigenvalue weighted by atomic mass is 10.2. The highest BCUT2D eigenvalue weighted by Crippen LogP contribution is 2.11. The molecule has 0 saturated carbocycles. The van der Waals surface area contributed by atoms with Gasteiger partial charge in [0.15, 0.2) is 0 Å². The Morgan fingerprint density at radius 2 is 2.18 bits per heavy atom. The second-order valence-electron chi connectivity index (χ2n) is 2.88. The van der Waals surface area contributed by atoms with Crippen LogP contribution in [0.4, 0.5) is 0 Å².